The first-order chi connectivity index (χ1) is 6.79. The minimum atomic E-state index is 0.115. The molecule has 2 aliphatic rings. The van der Waals surface area contributed by atoms with Gasteiger partial charge in [-0.05, 0) is 19.3 Å². The molecular formula is C11H22N2O. The normalized spacial score (nSPS) is 28.9. The maximum absolute atomic E-state index is 6.36. The molecule has 0 aromatic rings. The van der Waals surface area contributed by atoms with Crippen LogP contribution in [0.5, 0.6) is 0 Å². The Balaban J connectivity index is 1.82. The molecule has 1 saturated heterocycles. The highest BCUT2D eigenvalue weighted by molar-refractivity contribution is 4.92. The highest BCUT2D eigenvalue weighted by Crippen LogP contribution is 2.28. The van der Waals surface area contributed by atoms with Gasteiger partial charge in [-0.25, -0.2) is 0 Å². The van der Waals surface area contributed by atoms with Gasteiger partial charge in [0.25, 0.3) is 0 Å². The second-order valence-electron chi connectivity index (χ2n) is 4.81. The summed E-state index contributed by atoms with van der Waals surface area (Å²) in [5.41, 5.74) is 6.47. The fourth-order valence-corrected chi connectivity index (χ4v) is 2.64. The first-order valence-corrected chi connectivity index (χ1v) is 5.88. The third kappa shape index (κ3) is 2.69. The molecular weight excluding hydrogens is 176 g/mol. The van der Waals surface area contributed by atoms with Crippen molar-refractivity contribution in [3.05, 3.63) is 0 Å². The Labute approximate surface area is 86.6 Å². The molecule has 1 aliphatic carbocycles. The van der Waals surface area contributed by atoms with Crippen LogP contribution in [0.25, 0.3) is 0 Å². The third-order valence-electron chi connectivity index (χ3n) is 3.45. The average molecular weight is 198 g/mol. The summed E-state index contributed by atoms with van der Waals surface area (Å²) in [6.45, 7) is 5.12. The van der Waals surface area contributed by atoms with Crippen molar-refractivity contribution >= 4 is 0 Å². The van der Waals surface area contributed by atoms with Crippen LogP contribution >= 0.6 is 0 Å². The molecule has 0 bridgehead atoms. The molecule has 82 valence electrons. The molecule has 0 atom stereocenters. The molecule has 2 fully saturated rings. The molecule has 0 radical (unpaired) electrons. The lowest BCUT2D eigenvalue weighted by Crippen LogP contribution is -2.48. The third-order valence-corrected chi connectivity index (χ3v) is 3.45. The maximum Gasteiger partial charge on any atom is 0.0593 e. The van der Waals surface area contributed by atoms with Gasteiger partial charge in [-0.15, -0.1) is 0 Å². The van der Waals surface area contributed by atoms with Crippen LogP contribution in [0.15, 0.2) is 0 Å². The van der Waals surface area contributed by atoms with E-state index in [4.69, 9.17) is 10.5 Å². The molecule has 2 N–H and O–H groups in total. The molecule has 0 unspecified atom stereocenters. The van der Waals surface area contributed by atoms with Gasteiger partial charge in [-0.3, -0.25) is 4.90 Å². The molecule has 14 heavy (non-hydrogen) atoms. The fourth-order valence-electron chi connectivity index (χ4n) is 2.64. The lowest BCUT2D eigenvalue weighted by Gasteiger charge is -2.31. The number of hydrogen-bond donors (Lipinski definition) is 1. The lowest BCUT2D eigenvalue weighted by atomic mass is 9.98. The summed E-state index contributed by atoms with van der Waals surface area (Å²) >= 11 is 0. The van der Waals surface area contributed by atoms with Crippen LogP contribution < -0.4 is 5.73 Å². The molecule has 0 aromatic heterocycles. The van der Waals surface area contributed by atoms with Crippen molar-refractivity contribution in [3.8, 4) is 0 Å². The molecule has 0 amide bonds. The molecule has 2 rings (SSSR count). The van der Waals surface area contributed by atoms with Crippen LogP contribution in [0.4, 0.5) is 0 Å². The standard InChI is InChI=1S/C11H22N2O/c12-11(4-1-2-5-11)10-13-6-3-8-14-9-7-13/h1-10,12H2. The minimum Gasteiger partial charge on any atom is -0.380 e. The van der Waals surface area contributed by atoms with Gasteiger partial charge in [0.15, 0.2) is 0 Å². The van der Waals surface area contributed by atoms with E-state index < -0.39 is 0 Å². The Hall–Kier alpha value is -0.120. The lowest BCUT2D eigenvalue weighted by molar-refractivity contribution is 0.136. The number of nitrogens with zero attached hydrogens (tertiary/aromatic N) is 1. The molecule has 3 heteroatoms. The smallest absolute Gasteiger partial charge is 0.0593 e. The summed E-state index contributed by atoms with van der Waals surface area (Å²) in [4.78, 5) is 2.48. The van der Waals surface area contributed by atoms with E-state index in [2.05, 4.69) is 4.90 Å². The summed E-state index contributed by atoms with van der Waals surface area (Å²) < 4.78 is 5.44. The fraction of sp³-hybridized carbons (Fsp3) is 1.00. The van der Waals surface area contributed by atoms with E-state index in [1.807, 2.05) is 0 Å². The Morgan fingerprint density at radius 2 is 1.86 bits per heavy atom. The van der Waals surface area contributed by atoms with Crippen LogP contribution in [0.1, 0.15) is 32.1 Å². The van der Waals surface area contributed by atoms with Crippen molar-refractivity contribution in [1.82, 2.24) is 4.90 Å². The van der Waals surface area contributed by atoms with E-state index >= 15 is 0 Å². The maximum atomic E-state index is 6.36. The number of hydrogen-bond acceptors (Lipinski definition) is 3. The van der Waals surface area contributed by atoms with E-state index in [1.165, 1.54) is 32.2 Å². The molecule has 0 spiro atoms. The van der Waals surface area contributed by atoms with Gasteiger partial charge in [0.2, 0.25) is 0 Å². The van der Waals surface area contributed by atoms with E-state index in [1.54, 1.807) is 0 Å². The van der Waals surface area contributed by atoms with Gasteiger partial charge in [0.1, 0.15) is 0 Å². The zero-order chi connectivity index (χ0) is 9.86. The van der Waals surface area contributed by atoms with Crippen molar-refractivity contribution in [2.45, 2.75) is 37.6 Å². The number of nitrogens with two attached hydrogens (primary N) is 1. The van der Waals surface area contributed by atoms with E-state index in [0.29, 0.717) is 0 Å². The van der Waals surface area contributed by atoms with Crippen molar-refractivity contribution in [2.24, 2.45) is 5.73 Å². The van der Waals surface area contributed by atoms with E-state index in [-0.39, 0.29) is 5.54 Å². The predicted molar refractivity (Wildman–Crippen MR) is 57.3 cm³/mol. The van der Waals surface area contributed by atoms with E-state index in [9.17, 15) is 0 Å². The zero-order valence-electron chi connectivity index (χ0n) is 9.00. The predicted octanol–water partition coefficient (Wildman–Crippen LogP) is 0.980. The summed E-state index contributed by atoms with van der Waals surface area (Å²) in [7, 11) is 0. The molecule has 1 heterocycles. The van der Waals surface area contributed by atoms with Gasteiger partial charge in [-0.2, -0.15) is 0 Å². The highest BCUT2D eigenvalue weighted by atomic mass is 16.5. The number of rotatable bonds is 2. The quantitative estimate of drug-likeness (QED) is 0.719. The number of ether oxygens (including phenoxy) is 1. The van der Waals surface area contributed by atoms with E-state index in [0.717, 1.165) is 32.7 Å². The Morgan fingerprint density at radius 3 is 2.64 bits per heavy atom. The summed E-state index contributed by atoms with van der Waals surface area (Å²) in [5, 5.41) is 0. The second-order valence-corrected chi connectivity index (χ2v) is 4.81. The Bertz CT molecular complexity index is 170. The topological polar surface area (TPSA) is 38.5 Å². The minimum absolute atomic E-state index is 0.115. The Kier molecular flexibility index (Phi) is 3.42. The molecule has 3 nitrogen and oxygen atoms in total. The van der Waals surface area contributed by atoms with Crippen molar-refractivity contribution < 1.29 is 4.74 Å². The van der Waals surface area contributed by atoms with Crippen molar-refractivity contribution in [1.29, 1.82) is 0 Å². The largest absolute Gasteiger partial charge is 0.380 e. The van der Waals surface area contributed by atoms with Crippen molar-refractivity contribution in [3.63, 3.8) is 0 Å². The highest BCUT2D eigenvalue weighted by Gasteiger charge is 2.31. The molecule has 1 saturated carbocycles. The van der Waals surface area contributed by atoms with Crippen LogP contribution in [0.2, 0.25) is 0 Å². The Morgan fingerprint density at radius 1 is 1.07 bits per heavy atom. The summed E-state index contributed by atoms with van der Waals surface area (Å²) in [6.07, 6.45) is 6.23. The van der Waals surface area contributed by atoms with Gasteiger partial charge in [0, 0.05) is 31.8 Å². The second kappa shape index (κ2) is 4.60. The van der Waals surface area contributed by atoms with Crippen molar-refractivity contribution in [2.75, 3.05) is 32.8 Å². The van der Waals surface area contributed by atoms with Crippen LogP contribution in [0, 0.1) is 0 Å². The average Bonchev–Trinajstić information content (AvgIpc) is 2.43. The SMILES string of the molecule is NC1(CN2CCCOCC2)CCCC1. The van der Waals surface area contributed by atoms with Gasteiger partial charge in [-0.1, -0.05) is 12.8 Å². The monoisotopic (exact) mass is 198 g/mol. The summed E-state index contributed by atoms with van der Waals surface area (Å²) in [5.74, 6) is 0. The van der Waals surface area contributed by atoms with Crippen LogP contribution in [-0.4, -0.2) is 43.3 Å². The van der Waals surface area contributed by atoms with Crippen LogP contribution in [-0.2, 0) is 4.74 Å². The zero-order valence-corrected chi connectivity index (χ0v) is 9.00. The van der Waals surface area contributed by atoms with Gasteiger partial charge in [0.05, 0.1) is 6.61 Å². The van der Waals surface area contributed by atoms with Crippen LogP contribution in [0.3, 0.4) is 0 Å². The molecule has 0 aromatic carbocycles. The van der Waals surface area contributed by atoms with Gasteiger partial charge < -0.3 is 10.5 Å². The summed E-state index contributed by atoms with van der Waals surface area (Å²) in [6, 6.07) is 0. The molecule has 1 aliphatic heterocycles. The first-order valence-electron chi connectivity index (χ1n) is 5.88. The van der Waals surface area contributed by atoms with Gasteiger partial charge >= 0.3 is 0 Å². The first kappa shape index (κ1) is 10.4.